The molecule has 12 heteroatoms. The summed E-state index contributed by atoms with van der Waals surface area (Å²) in [4.78, 5) is 0. The van der Waals surface area contributed by atoms with Crippen molar-refractivity contribution < 1.29 is 47.1 Å². The molecule has 0 amide bonds. The Bertz CT molecular complexity index is 463. The van der Waals surface area contributed by atoms with E-state index in [1.54, 1.807) is 0 Å². The Morgan fingerprint density at radius 3 is 2.28 bits per heavy atom. The van der Waals surface area contributed by atoms with Gasteiger partial charge in [-0.1, -0.05) is 0 Å². The Hall–Kier alpha value is -0.410. The van der Waals surface area contributed by atoms with Crippen molar-refractivity contribution in [3.8, 4) is 0 Å². The molecule has 0 spiro atoms. The van der Waals surface area contributed by atoms with Gasteiger partial charge in [0.2, 0.25) is 0 Å². The molecule has 0 aromatic heterocycles. The standard InChI is InChI=1S/C6H11NO10S/c7-6(12)5(11)4(10,16-18(13,14)17-5)3(9)2(1-8)15-6/h2-3,8-12H,1,7H2/t2-,3+,4-,5-,6+/m1/s1. The number of fused-ring (bicyclic) bond motifs is 1. The third kappa shape index (κ3) is 1.53. The van der Waals surface area contributed by atoms with Crippen LogP contribution in [0.4, 0.5) is 0 Å². The Morgan fingerprint density at radius 1 is 1.22 bits per heavy atom. The van der Waals surface area contributed by atoms with Crippen molar-refractivity contribution in [2.45, 2.75) is 29.7 Å². The van der Waals surface area contributed by atoms with Gasteiger partial charge in [0.25, 0.3) is 11.7 Å². The molecule has 2 rings (SSSR count). The van der Waals surface area contributed by atoms with Gasteiger partial charge in [0.15, 0.2) is 0 Å². The van der Waals surface area contributed by atoms with Crippen molar-refractivity contribution in [3.63, 3.8) is 0 Å². The zero-order chi connectivity index (χ0) is 14.0. The highest BCUT2D eigenvalue weighted by molar-refractivity contribution is 7.82. The van der Waals surface area contributed by atoms with Gasteiger partial charge < -0.3 is 30.3 Å². The molecule has 7 N–H and O–H groups in total. The van der Waals surface area contributed by atoms with E-state index in [0.717, 1.165) is 0 Å². The van der Waals surface area contributed by atoms with Gasteiger partial charge in [0, 0.05) is 0 Å². The largest absolute Gasteiger partial charge is 0.406 e. The maximum absolute atomic E-state index is 11.1. The minimum atomic E-state index is -4.94. The third-order valence-electron chi connectivity index (χ3n) is 2.69. The molecule has 18 heavy (non-hydrogen) atoms. The van der Waals surface area contributed by atoms with Crippen LogP contribution in [0.5, 0.6) is 0 Å². The molecular formula is C6H11NO10S. The van der Waals surface area contributed by atoms with E-state index in [1.165, 1.54) is 0 Å². The molecule has 5 atom stereocenters. The summed E-state index contributed by atoms with van der Waals surface area (Å²) in [5.74, 6) is -10.1. The molecule has 0 aliphatic carbocycles. The first-order valence-corrected chi connectivity index (χ1v) is 5.91. The second-order valence-electron chi connectivity index (χ2n) is 3.90. The summed E-state index contributed by atoms with van der Waals surface area (Å²) < 4.78 is 34.5. The Balaban J connectivity index is 2.58. The summed E-state index contributed by atoms with van der Waals surface area (Å²) in [6.45, 7) is -0.956. The lowest BCUT2D eigenvalue weighted by Gasteiger charge is -2.49. The lowest BCUT2D eigenvalue weighted by Crippen LogP contribution is -2.81. The topological polar surface area (TPSA) is 189 Å². The van der Waals surface area contributed by atoms with E-state index in [1.807, 2.05) is 0 Å². The van der Waals surface area contributed by atoms with Crippen LogP contribution >= 0.6 is 0 Å². The first-order valence-electron chi connectivity index (χ1n) is 4.58. The number of rotatable bonds is 1. The summed E-state index contributed by atoms with van der Waals surface area (Å²) in [6, 6.07) is 0. The second-order valence-corrected chi connectivity index (χ2v) is 5.05. The quantitative estimate of drug-likeness (QED) is 0.253. The van der Waals surface area contributed by atoms with Crippen LogP contribution < -0.4 is 5.73 Å². The molecule has 2 aliphatic rings. The van der Waals surface area contributed by atoms with Crippen LogP contribution in [0.2, 0.25) is 0 Å². The molecule has 0 aromatic rings. The monoisotopic (exact) mass is 289 g/mol. The van der Waals surface area contributed by atoms with Crippen molar-refractivity contribution in [1.29, 1.82) is 0 Å². The molecule has 0 aromatic carbocycles. The summed E-state index contributed by atoms with van der Waals surface area (Å²) in [6.07, 6.45) is -3.98. The van der Waals surface area contributed by atoms with E-state index in [0.29, 0.717) is 0 Å². The number of aliphatic hydroxyl groups excluding tert-OH is 2. The zero-order valence-corrected chi connectivity index (χ0v) is 9.44. The van der Waals surface area contributed by atoms with Gasteiger partial charge in [-0.05, 0) is 0 Å². The van der Waals surface area contributed by atoms with E-state index in [-0.39, 0.29) is 0 Å². The minimum absolute atomic E-state index is 0.956. The van der Waals surface area contributed by atoms with Crippen LogP contribution in [0, 0.1) is 0 Å². The van der Waals surface area contributed by atoms with Gasteiger partial charge in [-0.25, -0.2) is 4.18 Å². The van der Waals surface area contributed by atoms with Gasteiger partial charge in [-0.3, -0.25) is 5.73 Å². The van der Waals surface area contributed by atoms with Crippen LogP contribution in [-0.4, -0.2) is 70.3 Å². The van der Waals surface area contributed by atoms with Crippen LogP contribution in [0.25, 0.3) is 0 Å². The molecule has 2 fully saturated rings. The van der Waals surface area contributed by atoms with Crippen molar-refractivity contribution >= 4 is 10.4 Å². The molecule has 0 bridgehead atoms. The fraction of sp³-hybridized carbons (Fsp3) is 1.00. The molecule has 106 valence electrons. The lowest BCUT2D eigenvalue weighted by atomic mass is 9.89. The van der Waals surface area contributed by atoms with Crippen molar-refractivity contribution in [2.24, 2.45) is 5.73 Å². The normalized spacial score (nSPS) is 55.2. The molecule has 0 saturated carbocycles. The highest BCUT2D eigenvalue weighted by Crippen LogP contribution is 2.48. The van der Waals surface area contributed by atoms with Crippen LogP contribution in [0.3, 0.4) is 0 Å². The summed E-state index contributed by atoms with van der Waals surface area (Å²) in [5, 5.41) is 47.7. The first-order chi connectivity index (χ1) is 7.99. The van der Waals surface area contributed by atoms with Gasteiger partial charge >= 0.3 is 16.2 Å². The van der Waals surface area contributed by atoms with Crippen LogP contribution in [0.1, 0.15) is 0 Å². The van der Waals surface area contributed by atoms with E-state index in [9.17, 15) is 28.8 Å². The molecule has 0 unspecified atom stereocenters. The molecular weight excluding hydrogens is 278 g/mol. The number of ether oxygens (including phenoxy) is 1. The average molecular weight is 289 g/mol. The zero-order valence-electron chi connectivity index (χ0n) is 8.62. The Kier molecular flexibility index (Phi) is 2.78. The van der Waals surface area contributed by atoms with E-state index in [2.05, 4.69) is 13.1 Å². The number of aliphatic hydroxyl groups is 5. The SMILES string of the molecule is N[C@@]1(O)O[C@H](CO)[C@H](O)[C@@]2(O)OS(=O)(=O)O[C@@]12O. The number of nitrogens with two attached hydrogens (primary N) is 1. The summed E-state index contributed by atoms with van der Waals surface area (Å²) in [7, 11) is -4.94. The third-order valence-corrected chi connectivity index (χ3v) is 3.59. The Morgan fingerprint density at radius 2 is 1.78 bits per heavy atom. The van der Waals surface area contributed by atoms with E-state index >= 15 is 0 Å². The number of hydrogen-bond donors (Lipinski definition) is 6. The van der Waals surface area contributed by atoms with E-state index in [4.69, 9.17) is 10.8 Å². The van der Waals surface area contributed by atoms with Crippen molar-refractivity contribution in [3.05, 3.63) is 0 Å². The van der Waals surface area contributed by atoms with Crippen LogP contribution in [0.15, 0.2) is 0 Å². The average Bonchev–Trinajstić information content (AvgIpc) is 2.41. The van der Waals surface area contributed by atoms with Gasteiger partial charge in [-0.15, -0.1) is 0 Å². The van der Waals surface area contributed by atoms with Gasteiger partial charge in [0.1, 0.15) is 12.2 Å². The Labute approximate surface area is 100 Å². The minimum Gasteiger partial charge on any atom is -0.394 e. The smallest absolute Gasteiger partial charge is 0.394 e. The lowest BCUT2D eigenvalue weighted by molar-refractivity contribution is -0.480. The molecule has 2 aliphatic heterocycles. The molecule has 2 saturated heterocycles. The molecule has 11 nitrogen and oxygen atoms in total. The maximum Gasteiger partial charge on any atom is 0.406 e. The van der Waals surface area contributed by atoms with Gasteiger partial charge in [0.05, 0.1) is 6.61 Å². The van der Waals surface area contributed by atoms with Crippen molar-refractivity contribution in [2.75, 3.05) is 6.61 Å². The first kappa shape index (κ1) is 14.0. The predicted octanol–water partition coefficient (Wildman–Crippen LogP) is -4.99. The molecule has 0 radical (unpaired) electrons. The molecule has 2 heterocycles. The maximum atomic E-state index is 11.1. The number of hydrogen-bond acceptors (Lipinski definition) is 11. The highest BCUT2D eigenvalue weighted by atomic mass is 32.3. The highest BCUT2D eigenvalue weighted by Gasteiger charge is 2.80. The van der Waals surface area contributed by atoms with E-state index < -0.39 is 46.7 Å². The predicted molar refractivity (Wildman–Crippen MR) is 48.1 cm³/mol. The second kappa shape index (κ2) is 3.57. The fourth-order valence-corrected chi connectivity index (χ4v) is 2.86. The van der Waals surface area contributed by atoms with Crippen LogP contribution in [-0.2, 0) is 23.5 Å². The fourth-order valence-electron chi connectivity index (χ4n) is 1.77. The summed E-state index contributed by atoms with van der Waals surface area (Å²) >= 11 is 0. The van der Waals surface area contributed by atoms with Gasteiger partial charge in [-0.2, -0.15) is 12.6 Å². The summed E-state index contributed by atoms with van der Waals surface area (Å²) in [5.41, 5.74) is 5.06. The van der Waals surface area contributed by atoms with Crippen molar-refractivity contribution in [1.82, 2.24) is 0 Å².